The number of carbonyl (C=O) groups is 1. The van der Waals surface area contributed by atoms with Crippen LogP contribution in [0.3, 0.4) is 0 Å². The summed E-state index contributed by atoms with van der Waals surface area (Å²) in [7, 11) is -5.59. The molecule has 1 amide bonds. The van der Waals surface area contributed by atoms with E-state index in [0.717, 1.165) is 6.26 Å². The van der Waals surface area contributed by atoms with Crippen molar-refractivity contribution in [2.45, 2.75) is 57.5 Å². The van der Waals surface area contributed by atoms with Crippen molar-refractivity contribution >= 4 is 24.5 Å². The van der Waals surface area contributed by atoms with Gasteiger partial charge in [-0.05, 0) is 24.6 Å². The molecule has 0 aliphatic carbocycles. The highest BCUT2D eigenvalue weighted by atomic mass is 32.2. The zero-order valence-corrected chi connectivity index (χ0v) is 15.9. The van der Waals surface area contributed by atoms with Crippen LogP contribution < -0.4 is 0 Å². The highest BCUT2D eigenvalue weighted by Crippen LogP contribution is 2.38. The standard InChI is InChI=1S/C13H27NO6SSi/c1-13(2,3)22(5,6)20-11-7-10(9-19-21(4,17)18)14(8-11)12(15)16/h10-11H,7-9H2,1-6H3,(H,15,16). The second-order valence-corrected chi connectivity index (χ2v) is 13.7. The Bertz CT molecular complexity index is 513. The summed E-state index contributed by atoms with van der Waals surface area (Å²) in [6, 6.07) is -0.498. The minimum Gasteiger partial charge on any atom is -0.465 e. The van der Waals surface area contributed by atoms with Crippen LogP contribution in [-0.2, 0) is 18.7 Å². The lowest BCUT2D eigenvalue weighted by Gasteiger charge is -2.38. The van der Waals surface area contributed by atoms with Crippen molar-refractivity contribution in [2.75, 3.05) is 19.4 Å². The van der Waals surface area contributed by atoms with Gasteiger partial charge < -0.3 is 14.4 Å². The van der Waals surface area contributed by atoms with Crippen LogP contribution in [0.4, 0.5) is 4.79 Å². The summed E-state index contributed by atoms with van der Waals surface area (Å²) in [6.45, 7) is 10.7. The zero-order chi connectivity index (χ0) is 17.3. The van der Waals surface area contributed by atoms with Gasteiger partial charge >= 0.3 is 6.09 Å². The van der Waals surface area contributed by atoms with Crippen molar-refractivity contribution in [2.24, 2.45) is 0 Å². The number of hydrogen-bond donors (Lipinski definition) is 1. The van der Waals surface area contributed by atoms with Crippen molar-refractivity contribution in [1.82, 2.24) is 4.90 Å². The highest BCUT2D eigenvalue weighted by Gasteiger charge is 2.43. The number of hydrogen-bond acceptors (Lipinski definition) is 5. The summed E-state index contributed by atoms with van der Waals surface area (Å²) in [5.74, 6) is 0. The number of carboxylic acid groups (broad SMARTS) is 1. The minimum atomic E-state index is -3.59. The Balaban J connectivity index is 2.76. The van der Waals surface area contributed by atoms with E-state index in [4.69, 9.17) is 8.61 Å². The summed E-state index contributed by atoms with van der Waals surface area (Å²) < 4.78 is 33.2. The summed E-state index contributed by atoms with van der Waals surface area (Å²) in [6.07, 6.45) is 0.110. The van der Waals surface area contributed by atoms with Gasteiger partial charge in [0, 0.05) is 6.54 Å². The quantitative estimate of drug-likeness (QED) is 0.601. The normalized spacial score (nSPS) is 23.8. The molecule has 0 radical (unpaired) electrons. The maximum atomic E-state index is 11.3. The van der Waals surface area contributed by atoms with E-state index in [1.807, 2.05) is 0 Å². The fraction of sp³-hybridized carbons (Fsp3) is 0.923. The van der Waals surface area contributed by atoms with Gasteiger partial charge in [0.25, 0.3) is 10.1 Å². The van der Waals surface area contributed by atoms with E-state index in [1.54, 1.807) is 0 Å². The third-order valence-corrected chi connectivity index (χ3v) is 9.46. The predicted octanol–water partition coefficient (Wildman–Crippen LogP) is 2.11. The van der Waals surface area contributed by atoms with Crippen LogP contribution in [-0.4, -0.2) is 64.4 Å². The van der Waals surface area contributed by atoms with Gasteiger partial charge in [0.15, 0.2) is 8.32 Å². The monoisotopic (exact) mass is 353 g/mol. The molecule has 1 heterocycles. The molecule has 1 N–H and O–H groups in total. The minimum absolute atomic E-state index is 0.0302. The van der Waals surface area contributed by atoms with Crippen LogP contribution in [0.25, 0.3) is 0 Å². The van der Waals surface area contributed by atoms with Crippen molar-refractivity contribution in [3.05, 3.63) is 0 Å². The molecule has 0 aromatic rings. The third-order valence-electron chi connectivity index (χ3n) is 4.36. The largest absolute Gasteiger partial charge is 0.465 e. The van der Waals surface area contributed by atoms with E-state index in [2.05, 4.69) is 33.9 Å². The average Bonchev–Trinajstić information content (AvgIpc) is 2.66. The number of rotatable bonds is 5. The lowest BCUT2D eigenvalue weighted by molar-refractivity contribution is 0.121. The van der Waals surface area contributed by atoms with E-state index >= 15 is 0 Å². The van der Waals surface area contributed by atoms with Crippen LogP contribution in [0.5, 0.6) is 0 Å². The molecule has 9 heteroatoms. The first-order valence-electron chi connectivity index (χ1n) is 7.25. The number of likely N-dealkylation sites (tertiary alicyclic amines) is 1. The average molecular weight is 354 g/mol. The van der Waals surface area contributed by atoms with Gasteiger partial charge in [-0.2, -0.15) is 8.42 Å². The summed E-state index contributed by atoms with van der Waals surface area (Å²) in [5, 5.41) is 9.30. The second kappa shape index (κ2) is 6.46. The molecule has 22 heavy (non-hydrogen) atoms. The van der Waals surface area contributed by atoms with E-state index in [1.165, 1.54) is 4.90 Å². The Kier molecular flexibility index (Phi) is 5.70. The lowest BCUT2D eigenvalue weighted by atomic mass is 10.2. The zero-order valence-electron chi connectivity index (χ0n) is 14.1. The molecule has 1 saturated heterocycles. The topological polar surface area (TPSA) is 93.1 Å². The number of amides is 1. The Labute approximate surface area is 133 Å². The molecule has 1 aliphatic heterocycles. The van der Waals surface area contributed by atoms with Crippen LogP contribution in [0, 0.1) is 0 Å². The first kappa shape index (κ1) is 19.4. The SMILES string of the molecule is CC(C)(C)[Si](C)(C)OC1CC(COS(C)(=O)=O)N(C(=O)O)C1. The molecular weight excluding hydrogens is 326 g/mol. The van der Waals surface area contributed by atoms with Crippen LogP contribution in [0.15, 0.2) is 0 Å². The number of nitrogens with zero attached hydrogens (tertiary/aromatic N) is 1. The van der Waals surface area contributed by atoms with Crippen molar-refractivity contribution in [1.29, 1.82) is 0 Å². The lowest BCUT2D eigenvalue weighted by Crippen LogP contribution is -2.44. The third kappa shape index (κ3) is 5.22. The van der Waals surface area contributed by atoms with Gasteiger partial charge in [0.05, 0.1) is 25.0 Å². The molecule has 0 aromatic heterocycles. The first-order chi connectivity index (χ1) is 9.73. The summed E-state index contributed by atoms with van der Waals surface area (Å²) in [4.78, 5) is 12.5. The molecule has 130 valence electrons. The Morgan fingerprint density at radius 3 is 2.32 bits per heavy atom. The fourth-order valence-electron chi connectivity index (χ4n) is 2.15. The molecule has 0 saturated carbocycles. The van der Waals surface area contributed by atoms with Gasteiger partial charge in [-0.15, -0.1) is 0 Å². The maximum absolute atomic E-state index is 11.3. The van der Waals surface area contributed by atoms with Crippen LogP contribution in [0.1, 0.15) is 27.2 Å². The van der Waals surface area contributed by atoms with Crippen molar-refractivity contribution < 1.29 is 26.9 Å². The predicted molar refractivity (Wildman–Crippen MR) is 86.0 cm³/mol. The smallest absolute Gasteiger partial charge is 0.407 e. The van der Waals surface area contributed by atoms with Gasteiger partial charge in [0.2, 0.25) is 0 Å². The van der Waals surface area contributed by atoms with Gasteiger partial charge in [0.1, 0.15) is 0 Å². The maximum Gasteiger partial charge on any atom is 0.407 e. The Hall–Kier alpha value is -0.643. The van der Waals surface area contributed by atoms with E-state index in [0.29, 0.717) is 6.42 Å². The second-order valence-electron chi connectivity index (χ2n) is 7.31. The summed E-state index contributed by atoms with van der Waals surface area (Å²) >= 11 is 0. The molecule has 2 atom stereocenters. The molecule has 1 rings (SSSR count). The summed E-state index contributed by atoms with van der Waals surface area (Å²) in [5.41, 5.74) is 0. The van der Waals surface area contributed by atoms with Gasteiger partial charge in [-0.25, -0.2) is 4.79 Å². The fourth-order valence-corrected chi connectivity index (χ4v) is 3.91. The molecule has 0 spiro atoms. The molecular formula is C13H27NO6SSi. The molecule has 1 fully saturated rings. The molecule has 7 nitrogen and oxygen atoms in total. The first-order valence-corrected chi connectivity index (χ1v) is 12.0. The Morgan fingerprint density at radius 2 is 1.91 bits per heavy atom. The van der Waals surface area contributed by atoms with Crippen LogP contribution in [0.2, 0.25) is 18.1 Å². The highest BCUT2D eigenvalue weighted by molar-refractivity contribution is 7.85. The molecule has 0 bridgehead atoms. The van der Waals surface area contributed by atoms with E-state index < -0.39 is 30.6 Å². The molecule has 1 aliphatic rings. The van der Waals surface area contributed by atoms with Crippen LogP contribution >= 0.6 is 0 Å². The molecule has 0 aromatic carbocycles. The van der Waals surface area contributed by atoms with Gasteiger partial charge in [-0.1, -0.05) is 20.8 Å². The van der Waals surface area contributed by atoms with E-state index in [9.17, 15) is 18.3 Å². The van der Waals surface area contributed by atoms with E-state index in [-0.39, 0.29) is 24.3 Å². The van der Waals surface area contributed by atoms with Crippen molar-refractivity contribution in [3.8, 4) is 0 Å². The Morgan fingerprint density at radius 1 is 1.36 bits per heavy atom. The van der Waals surface area contributed by atoms with Crippen molar-refractivity contribution in [3.63, 3.8) is 0 Å². The van der Waals surface area contributed by atoms with Gasteiger partial charge in [-0.3, -0.25) is 4.18 Å². The molecule has 2 unspecified atom stereocenters.